The number of esters is 1. The number of carbonyl (C=O) groups excluding carboxylic acids is 1. The van der Waals surface area contributed by atoms with E-state index < -0.39 is 0 Å². The zero-order chi connectivity index (χ0) is 13.5. The van der Waals surface area contributed by atoms with Gasteiger partial charge in [-0.25, -0.2) is 0 Å². The Labute approximate surface area is 119 Å². The molecule has 0 saturated heterocycles. The maximum atomic E-state index is 11.5. The Morgan fingerprint density at radius 1 is 1.25 bits per heavy atom. The van der Waals surface area contributed by atoms with E-state index >= 15 is 0 Å². The summed E-state index contributed by atoms with van der Waals surface area (Å²) in [5, 5.41) is 0. The van der Waals surface area contributed by atoms with E-state index in [-0.39, 0.29) is 12.1 Å². The first-order chi connectivity index (χ1) is 9.74. The summed E-state index contributed by atoms with van der Waals surface area (Å²) in [7, 11) is 0. The van der Waals surface area contributed by atoms with Gasteiger partial charge in [-0.05, 0) is 60.5 Å². The molecule has 104 valence electrons. The van der Waals surface area contributed by atoms with Crippen LogP contribution in [0.15, 0.2) is 24.3 Å². The van der Waals surface area contributed by atoms with Crippen molar-refractivity contribution in [2.45, 2.75) is 50.5 Å². The van der Waals surface area contributed by atoms with Gasteiger partial charge in [0.05, 0.1) is 0 Å². The lowest BCUT2D eigenvalue weighted by Gasteiger charge is -2.36. The van der Waals surface area contributed by atoms with Crippen molar-refractivity contribution in [1.82, 2.24) is 0 Å². The summed E-state index contributed by atoms with van der Waals surface area (Å²) < 4.78 is 5.78. The van der Waals surface area contributed by atoms with Gasteiger partial charge in [-0.1, -0.05) is 24.3 Å². The highest BCUT2D eigenvalue weighted by molar-refractivity contribution is 5.66. The fraction of sp³-hybridized carbons (Fsp3) is 0.611. The molecule has 1 aromatic rings. The first-order valence-corrected chi connectivity index (χ1v) is 8.00. The van der Waals surface area contributed by atoms with E-state index in [0.717, 1.165) is 24.2 Å². The van der Waals surface area contributed by atoms with E-state index in [9.17, 15) is 4.79 Å². The standard InChI is InChI=1S/C18H20O2/c1-10(19)20-16-8-4-7-14-17-13-9-15(18(14,16)17)12-6-3-2-5-11(12)13/h2-3,5-6,13-17H,4,7-9H2,1H3/t13-,14?,15+,16?,17+,18+/m0/s1. The van der Waals surface area contributed by atoms with E-state index in [1.54, 1.807) is 18.1 Å². The second-order valence-electron chi connectivity index (χ2n) is 7.18. The number of fused-ring (bicyclic) bond motifs is 7. The molecule has 1 spiro atoms. The topological polar surface area (TPSA) is 26.3 Å². The Morgan fingerprint density at radius 2 is 2.05 bits per heavy atom. The van der Waals surface area contributed by atoms with Gasteiger partial charge >= 0.3 is 5.97 Å². The van der Waals surface area contributed by atoms with E-state index in [1.807, 2.05) is 0 Å². The number of rotatable bonds is 1. The van der Waals surface area contributed by atoms with Crippen molar-refractivity contribution in [1.29, 1.82) is 0 Å². The van der Waals surface area contributed by atoms with Gasteiger partial charge in [0.2, 0.25) is 0 Å². The zero-order valence-corrected chi connectivity index (χ0v) is 11.8. The number of hydrogen-bond acceptors (Lipinski definition) is 2. The van der Waals surface area contributed by atoms with Crippen molar-refractivity contribution in [2.75, 3.05) is 0 Å². The molecule has 0 N–H and O–H groups in total. The van der Waals surface area contributed by atoms with Gasteiger partial charge in [-0.3, -0.25) is 4.79 Å². The fourth-order valence-corrected chi connectivity index (χ4v) is 6.38. The van der Waals surface area contributed by atoms with E-state index in [1.165, 1.54) is 19.3 Å². The molecule has 0 radical (unpaired) electrons. The van der Waals surface area contributed by atoms with Gasteiger partial charge in [-0.2, -0.15) is 0 Å². The molecule has 2 unspecified atom stereocenters. The first-order valence-electron chi connectivity index (χ1n) is 8.00. The third-order valence-corrected chi connectivity index (χ3v) is 6.69. The third kappa shape index (κ3) is 1.08. The van der Waals surface area contributed by atoms with E-state index in [4.69, 9.17) is 4.74 Å². The van der Waals surface area contributed by atoms with Crippen LogP contribution in [0, 0.1) is 17.3 Å². The normalized spacial score (nSPS) is 46.4. The van der Waals surface area contributed by atoms with Gasteiger partial charge in [0.25, 0.3) is 0 Å². The van der Waals surface area contributed by atoms with Crippen LogP contribution in [-0.2, 0) is 9.53 Å². The second kappa shape index (κ2) is 3.47. The van der Waals surface area contributed by atoms with Gasteiger partial charge in [0, 0.05) is 12.3 Å². The molecule has 3 saturated carbocycles. The molecule has 4 aliphatic rings. The zero-order valence-electron chi connectivity index (χ0n) is 11.8. The van der Waals surface area contributed by atoms with Crippen LogP contribution in [0.3, 0.4) is 0 Å². The van der Waals surface area contributed by atoms with Crippen LogP contribution in [0.25, 0.3) is 0 Å². The summed E-state index contributed by atoms with van der Waals surface area (Å²) in [6, 6.07) is 9.01. The molecule has 20 heavy (non-hydrogen) atoms. The Balaban J connectivity index is 1.61. The summed E-state index contributed by atoms with van der Waals surface area (Å²) in [5.41, 5.74) is 3.49. The van der Waals surface area contributed by atoms with Crippen LogP contribution in [0.4, 0.5) is 0 Å². The highest BCUT2D eigenvalue weighted by Gasteiger charge is 2.81. The number of carbonyl (C=O) groups is 1. The molecule has 0 aliphatic heterocycles. The lowest BCUT2D eigenvalue weighted by atomic mass is 9.74. The first kappa shape index (κ1) is 11.4. The molecule has 4 aliphatic carbocycles. The molecule has 2 bridgehead atoms. The summed E-state index contributed by atoms with van der Waals surface area (Å²) in [4.78, 5) is 11.5. The lowest BCUT2D eigenvalue weighted by Crippen LogP contribution is -2.36. The van der Waals surface area contributed by atoms with Crippen molar-refractivity contribution in [3.05, 3.63) is 35.4 Å². The van der Waals surface area contributed by atoms with Crippen molar-refractivity contribution < 1.29 is 9.53 Å². The van der Waals surface area contributed by atoms with Gasteiger partial charge < -0.3 is 4.74 Å². The monoisotopic (exact) mass is 268 g/mol. The molecule has 3 fully saturated rings. The number of ether oxygens (including phenoxy) is 1. The summed E-state index contributed by atoms with van der Waals surface area (Å²) in [6.45, 7) is 1.57. The molecule has 6 atom stereocenters. The molecule has 0 amide bonds. The Kier molecular flexibility index (Phi) is 1.97. The highest BCUT2D eigenvalue weighted by Crippen LogP contribution is 2.85. The van der Waals surface area contributed by atoms with Crippen LogP contribution in [0.2, 0.25) is 0 Å². The van der Waals surface area contributed by atoms with Crippen molar-refractivity contribution >= 4 is 5.97 Å². The second-order valence-corrected chi connectivity index (χ2v) is 7.18. The highest BCUT2D eigenvalue weighted by atomic mass is 16.5. The van der Waals surface area contributed by atoms with Crippen molar-refractivity contribution in [3.8, 4) is 0 Å². The summed E-state index contributed by atoms with van der Waals surface area (Å²) in [5.74, 6) is 2.93. The molecule has 5 rings (SSSR count). The number of hydrogen-bond donors (Lipinski definition) is 0. The number of benzene rings is 1. The molecule has 0 aromatic heterocycles. The fourth-order valence-electron chi connectivity index (χ4n) is 6.38. The SMILES string of the molecule is CC(=O)OC1CCCC2[C@H]3[C@H]4C[C@H](c5ccccc54)[C@@]123. The minimum Gasteiger partial charge on any atom is -0.462 e. The largest absolute Gasteiger partial charge is 0.462 e. The molecule has 1 aromatic carbocycles. The maximum absolute atomic E-state index is 11.5. The van der Waals surface area contributed by atoms with Gasteiger partial charge in [0.15, 0.2) is 0 Å². The average Bonchev–Trinajstić information content (AvgIpc) is 2.84. The van der Waals surface area contributed by atoms with Crippen LogP contribution in [-0.4, -0.2) is 12.1 Å². The maximum Gasteiger partial charge on any atom is 0.302 e. The lowest BCUT2D eigenvalue weighted by molar-refractivity contribution is -0.152. The quantitative estimate of drug-likeness (QED) is 0.727. The molecular formula is C18H20O2. The average molecular weight is 268 g/mol. The van der Waals surface area contributed by atoms with Crippen molar-refractivity contribution in [2.24, 2.45) is 17.3 Å². The van der Waals surface area contributed by atoms with Gasteiger partial charge in [0.1, 0.15) is 6.10 Å². The van der Waals surface area contributed by atoms with Crippen LogP contribution in [0.5, 0.6) is 0 Å². The summed E-state index contributed by atoms with van der Waals surface area (Å²) in [6.07, 6.45) is 5.16. The minimum absolute atomic E-state index is 0.0910. The molecule has 2 nitrogen and oxygen atoms in total. The third-order valence-electron chi connectivity index (χ3n) is 6.69. The van der Waals surface area contributed by atoms with Crippen LogP contribution >= 0.6 is 0 Å². The molecule has 2 heteroatoms. The van der Waals surface area contributed by atoms with Crippen LogP contribution < -0.4 is 0 Å². The Hall–Kier alpha value is -1.31. The smallest absolute Gasteiger partial charge is 0.302 e. The Bertz CT molecular complexity index is 607. The predicted molar refractivity (Wildman–Crippen MR) is 75.4 cm³/mol. The predicted octanol–water partition coefficient (Wildman–Crippen LogP) is 3.62. The summed E-state index contributed by atoms with van der Waals surface area (Å²) >= 11 is 0. The van der Waals surface area contributed by atoms with Gasteiger partial charge in [-0.15, -0.1) is 0 Å². The molecular weight excluding hydrogens is 248 g/mol. The van der Waals surface area contributed by atoms with E-state index in [2.05, 4.69) is 24.3 Å². The van der Waals surface area contributed by atoms with Crippen molar-refractivity contribution in [3.63, 3.8) is 0 Å². The molecule has 0 heterocycles. The minimum atomic E-state index is -0.0910. The van der Waals surface area contributed by atoms with E-state index in [0.29, 0.717) is 11.3 Å². The Morgan fingerprint density at radius 3 is 2.85 bits per heavy atom. The van der Waals surface area contributed by atoms with Crippen LogP contribution in [0.1, 0.15) is 55.6 Å².